The van der Waals surface area contributed by atoms with E-state index in [0.29, 0.717) is 12.0 Å². The molecule has 0 aliphatic heterocycles. The molecule has 0 fully saturated rings. The number of ether oxygens (including phenoxy) is 3. The van der Waals surface area contributed by atoms with Crippen molar-refractivity contribution in [2.45, 2.75) is 71.8 Å². The number of benzene rings is 2. The number of rotatable bonds is 10. The van der Waals surface area contributed by atoms with E-state index in [4.69, 9.17) is 14.2 Å². The number of halogens is 1. The van der Waals surface area contributed by atoms with Gasteiger partial charge in [-0.2, -0.15) is 0 Å². The van der Waals surface area contributed by atoms with Crippen LogP contribution >= 0.6 is 0 Å². The van der Waals surface area contributed by atoms with Crippen LogP contribution in [0.2, 0.25) is 0 Å². The molecule has 0 radical (unpaired) electrons. The highest BCUT2D eigenvalue weighted by Crippen LogP contribution is 2.19. The summed E-state index contributed by atoms with van der Waals surface area (Å²) in [6.45, 7) is 9.02. The summed E-state index contributed by atoms with van der Waals surface area (Å²) in [7, 11) is 1.46. The molecule has 0 saturated heterocycles. The molecule has 2 aromatic rings. The molecular formula is C28H36FNO6. The Morgan fingerprint density at radius 3 is 2.08 bits per heavy atom. The molecule has 1 amide bonds. The van der Waals surface area contributed by atoms with E-state index in [2.05, 4.69) is 0 Å². The largest absolute Gasteiger partial charge is 0.458 e. The van der Waals surface area contributed by atoms with Crippen molar-refractivity contribution in [1.82, 2.24) is 4.90 Å². The molecule has 0 N–H and O–H groups in total. The lowest BCUT2D eigenvalue weighted by atomic mass is 10.0. The highest BCUT2D eigenvalue weighted by atomic mass is 19.1. The third kappa shape index (κ3) is 9.68. The Morgan fingerprint density at radius 1 is 0.917 bits per heavy atom. The van der Waals surface area contributed by atoms with Crippen LogP contribution in [0.25, 0.3) is 0 Å². The number of likely N-dealkylation sites (N-methyl/N-ethyl adjacent to an activating group) is 1. The third-order valence-corrected chi connectivity index (χ3v) is 5.20. The summed E-state index contributed by atoms with van der Waals surface area (Å²) >= 11 is 0. The zero-order chi connectivity index (χ0) is 26.9. The predicted molar refractivity (Wildman–Crippen MR) is 133 cm³/mol. The fourth-order valence-electron chi connectivity index (χ4n) is 3.37. The maximum absolute atomic E-state index is 13.4. The van der Waals surface area contributed by atoms with Crippen molar-refractivity contribution in [3.63, 3.8) is 0 Å². The summed E-state index contributed by atoms with van der Waals surface area (Å²) in [5, 5.41) is 0. The van der Waals surface area contributed by atoms with Gasteiger partial charge in [0.1, 0.15) is 24.1 Å². The topological polar surface area (TPSA) is 82.1 Å². The van der Waals surface area contributed by atoms with Crippen LogP contribution in [-0.2, 0) is 36.8 Å². The summed E-state index contributed by atoms with van der Waals surface area (Å²) < 4.78 is 29.9. The molecule has 0 saturated carbocycles. The first kappa shape index (κ1) is 28.8. The van der Waals surface area contributed by atoms with Crippen LogP contribution in [0.15, 0.2) is 54.6 Å². The van der Waals surface area contributed by atoms with E-state index >= 15 is 0 Å². The number of esters is 2. The minimum absolute atomic E-state index is 0.00434. The average Bonchev–Trinajstić information content (AvgIpc) is 2.80. The number of hydrogen-bond donors (Lipinski definition) is 0. The number of nitrogens with zero attached hydrogens (tertiary/aromatic N) is 1. The standard InChI is InChI=1S/C28H36FNO6/c1-19(2)16-23(30(6)27(33)36-28(3,4)5)25(31)35-24(17-20-12-14-22(29)15-13-20)26(32)34-18-21-10-8-7-9-11-21/h7-15,19,23-24H,16-18H2,1-6H3/t23-,24+/m0/s1. The van der Waals surface area contributed by atoms with E-state index in [1.54, 1.807) is 20.8 Å². The van der Waals surface area contributed by atoms with Crippen molar-refractivity contribution < 1.29 is 33.0 Å². The highest BCUT2D eigenvalue weighted by molar-refractivity contribution is 5.84. The summed E-state index contributed by atoms with van der Waals surface area (Å²) in [5.41, 5.74) is 0.621. The summed E-state index contributed by atoms with van der Waals surface area (Å²) in [5.74, 6) is -1.86. The van der Waals surface area contributed by atoms with E-state index in [1.807, 2.05) is 44.2 Å². The van der Waals surface area contributed by atoms with Crippen LogP contribution in [0.5, 0.6) is 0 Å². The second kappa shape index (κ2) is 13.0. The molecule has 8 heteroatoms. The second-order valence-electron chi connectivity index (χ2n) is 10.1. The predicted octanol–water partition coefficient (Wildman–Crippen LogP) is 5.31. The van der Waals surface area contributed by atoms with Crippen LogP contribution in [0.4, 0.5) is 9.18 Å². The number of carbonyl (C=O) groups excluding carboxylic acids is 3. The maximum atomic E-state index is 13.4. The first-order chi connectivity index (χ1) is 16.9. The molecule has 196 valence electrons. The van der Waals surface area contributed by atoms with E-state index in [9.17, 15) is 18.8 Å². The van der Waals surface area contributed by atoms with E-state index < -0.39 is 41.6 Å². The molecule has 0 heterocycles. The molecule has 0 aliphatic rings. The fraction of sp³-hybridized carbons (Fsp3) is 0.464. The van der Waals surface area contributed by atoms with Crippen molar-refractivity contribution in [3.8, 4) is 0 Å². The second-order valence-corrected chi connectivity index (χ2v) is 10.1. The summed E-state index contributed by atoms with van der Waals surface area (Å²) in [6, 6.07) is 13.7. The van der Waals surface area contributed by atoms with Gasteiger partial charge in [0.05, 0.1) is 0 Å². The highest BCUT2D eigenvalue weighted by Gasteiger charge is 2.35. The van der Waals surface area contributed by atoms with Crippen molar-refractivity contribution >= 4 is 18.0 Å². The molecule has 0 unspecified atom stereocenters. The lowest BCUT2D eigenvalue weighted by molar-refractivity contribution is -0.171. The van der Waals surface area contributed by atoms with Crippen LogP contribution in [-0.4, -0.2) is 47.7 Å². The minimum Gasteiger partial charge on any atom is -0.458 e. The van der Waals surface area contributed by atoms with Gasteiger partial charge in [0, 0.05) is 13.5 Å². The number of hydrogen-bond acceptors (Lipinski definition) is 6. The molecular weight excluding hydrogens is 465 g/mol. The van der Waals surface area contributed by atoms with Crippen molar-refractivity contribution in [1.29, 1.82) is 0 Å². The Kier molecular flexibility index (Phi) is 10.4. The van der Waals surface area contributed by atoms with Crippen LogP contribution < -0.4 is 0 Å². The monoisotopic (exact) mass is 501 g/mol. The van der Waals surface area contributed by atoms with E-state index in [0.717, 1.165) is 5.56 Å². The van der Waals surface area contributed by atoms with Gasteiger partial charge in [-0.15, -0.1) is 0 Å². The van der Waals surface area contributed by atoms with Gasteiger partial charge in [-0.05, 0) is 56.4 Å². The molecule has 2 atom stereocenters. The number of carbonyl (C=O) groups is 3. The molecule has 0 bridgehead atoms. The molecule has 0 aliphatic carbocycles. The lowest BCUT2D eigenvalue weighted by Crippen LogP contribution is -2.47. The first-order valence-corrected chi connectivity index (χ1v) is 12.0. The molecule has 2 rings (SSSR count). The van der Waals surface area contributed by atoms with Gasteiger partial charge in [0.2, 0.25) is 6.10 Å². The van der Waals surface area contributed by atoms with Crippen LogP contribution in [0, 0.1) is 11.7 Å². The molecule has 2 aromatic carbocycles. The summed E-state index contributed by atoms with van der Waals surface area (Å²) in [6.07, 6.45) is -1.67. The van der Waals surface area contributed by atoms with Crippen molar-refractivity contribution in [2.75, 3.05) is 7.05 Å². The normalized spacial score (nSPS) is 13.0. The molecule has 36 heavy (non-hydrogen) atoms. The Labute approximate surface area is 212 Å². The van der Waals surface area contributed by atoms with Crippen LogP contribution in [0.1, 0.15) is 52.2 Å². The Bertz CT molecular complexity index is 1000. The Hall–Kier alpha value is -3.42. The molecule has 7 nitrogen and oxygen atoms in total. The fourth-order valence-corrected chi connectivity index (χ4v) is 3.37. The average molecular weight is 502 g/mol. The van der Waals surface area contributed by atoms with Gasteiger partial charge < -0.3 is 14.2 Å². The van der Waals surface area contributed by atoms with Gasteiger partial charge in [-0.1, -0.05) is 56.3 Å². The Balaban J connectivity index is 2.22. The Morgan fingerprint density at radius 2 is 1.53 bits per heavy atom. The van der Waals surface area contributed by atoms with Gasteiger partial charge in [-0.25, -0.2) is 18.8 Å². The molecule has 0 spiro atoms. The quantitative estimate of drug-likeness (QED) is 0.324. The van der Waals surface area contributed by atoms with Crippen LogP contribution in [0.3, 0.4) is 0 Å². The van der Waals surface area contributed by atoms with Crippen molar-refractivity contribution in [2.24, 2.45) is 5.92 Å². The smallest absolute Gasteiger partial charge is 0.410 e. The lowest BCUT2D eigenvalue weighted by Gasteiger charge is -2.31. The van der Waals surface area contributed by atoms with E-state index in [-0.39, 0.29) is 18.9 Å². The summed E-state index contributed by atoms with van der Waals surface area (Å²) in [4.78, 5) is 40.1. The van der Waals surface area contributed by atoms with Gasteiger partial charge in [0.25, 0.3) is 0 Å². The molecule has 0 aromatic heterocycles. The first-order valence-electron chi connectivity index (χ1n) is 12.0. The maximum Gasteiger partial charge on any atom is 0.410 e. The van der Waals surface area contributed by atoms with Gasteiger partial charge in [-0.3, -0.25) is 4.90 Å². The number of amides is 1. The zero-order valence-corrected chi connectivity index (χ0v) is 21.8. The van der Waals surface area contributed by atoms with Gasteiger partial charge >= 0.3 is 18.0 Å². The third-order valence-electron chi connectivity index (χ3n) is 5.20. The van der Waals surface area contributed by atoms with E-state index in [1.165, 1.54) is 36.2 Å². The van der Waals surface area contributed by atoms with Gasteiger partial charge in [0.15, 0.2) is 0 Å². The zero-order valence-electron chi connectivity index (χ0n) is 21.8. The SMILES string of the molecule is CC(C)C[C@@H](C(=O)O[C@H](Cc1ccc(F)cc1)C(=O)OCc1ccccc1)N(C)C(=O)OC(C)(C)C. The van der Waals surface area contributed by atoms with Crippen molar-refractivity contribution in [3.05, 3.63) is 71.5 Å². The minimum atomic E-state index is -1.28.